The number of thiocarbonyl (C=S) groups is 1. The monoisotopic (exact) mass is 703 g/mol. The molecule has 15 nitrogen and oxygen atoms in total. The molecule has 2 atom stereocenters. The highest BCUT2D eigenvalue weighted by molar-refractivity contribution is 7.80. The normalized spacial score (nSPS) is 16.3. The number of phenolic OH excluding ortho intramolecular Hbond substituents is 1. The van der Waals surface area contributed by atoms with Crippen molar-refractivity contribution in [2.24, 2.45) is 13.0 Å². The van der Waals surface area contributed by atoms with Gasteiger partial charge in [-0.15, -0.1) is 5.10 Å². The Hall–Kier alpha value is -6.55. The van der Waals surface area contributed by atoms with Crippen LogP contribution in [0.1, 0.15) is 33.8 Å². The topological polar surface area (TPSA) is 194 Å². The fourth-order valence-electron chi connectivity index (χ4n) is 6.38. The number of carbonyl (C=O) groups is 2. The van der Waals surface area contributed by atoms with Crippen molar-refractivity contribution in [3.8, 4) is 23.1 Å². The Morgan fingerprint density at radius 2 is 1.94 bits per heavy atom. The first kappa shape index (κ1) is 31.7. The number of aromatic hydroxyl groups is 1. The average molecular weight is 704 g/mol. The number of ether oxygens (including phenoxy) is 1. The second kappa shape index (κ2) is 12.7. The SMILES string of the molecule is Cn1cc2c(nc(NCCCNC(=S)Nc3ccc(C4c5ccc(O)cc5OC5=CC(=O)C=CC54)c(C(=O)O)c3)n3nc(-c4ccco4)nc23)n1. The summed E-state index contributed by atoms with van der Waals surface area (Å²) < 4.78 is 14.8. The molecule has 1 aliphatic carbocycles. The number of nitrogens with zero attached hydrogens (tertiary/aromatic N) is 6. The number of hydrogen-bond donors (Lipinski definition) is 5. The summed E-state index contributed by atoms with van der Waals surface area (Å²) in [4.78, 5) is 34.0. The van der Waals surface area contributed by atoms with E-state index in [4.69, 9.17) is 21.4 Å². The molecule has 4 aromatic heterocycles. The van der Waals surface area contributed by atoms with E-state index in [0.717, 1.165) is 5.39 Å². The quantitative estimate of drug-likeness (QED) is 0.103. The molecule has 8 rings (SSSR count). The molecule has 2 aliphatic rings. The molecule has 256 valence electrons. The van der Waals surface area contributed by atoms with Gasteiger partial charge in [-0.25, -0.2) is 9.78 Å². The summed E-state index contributed by atoms with van der Waals surface area (Å²) in [6.07, 6.45) is 8.63. The molecule has 2 aromatic carbocycles. The van der Waals surface area contributed by atoms with Crippen LogP contribution in [-0.4, -0.2) is 69.5 Å². The van der Waals surface area contributed by atoms with Crippen LogP contribution in [0.2, 0.25) is 0 Å². The fourth-order valence-corrected chi connectivity index (χ4v) is 6.60. The number of benzene rings is 2. The van der Waals surface area contributed by atoms with Gasteiger partial charge in [-0.1, -0.05) is 18.2 Å². The van der Waals surface area contributed by atoms with Crippen molar-refractivity contribution in [3.05, 3.63) is 102 Å². The second-order valence-electron chi connectivity index (χ2n) is 12.0. The van der Waals surface area contributed by atoms with Gasteiger partial charge in [-0.3, -0.25) is 9.48 Å². The molecule has 0 saturated heterocycles. The van der Waals surface area contributed by atoms with Crippen molar-refractivity contribution in [2.75, 3.05) is 23.7 Å². The number of anilines is 2. The molecular formula is C35H29N9O6S. The number of aryl methyl sites for hydroxylation is 1. The molecule has 0 bridgehead atoms. The van der Waals surface area contributed by atoms with E-state index < -0.39 is 17.8 Å². The molecule has 5 N–H and O–H groups in total. The van der Waals surface area contributed by atoms with Gasteiger partial charge in [0.2, 0.25) is 11.8 Å². The summed E-state index contributed by atoms with van der Waals surface area (Å²) in [5, 5.41) is 40.0. The number of aromatic carboxylic acids is 1. The zero-order chi connectivity index (χ0) is 35.2. The minimum atomic E-state index is -1.12. The van der Waals surface area contributed by atoms with Gasteiger partial charge in [0, 0.05) is 61.6 Å². The van der Waals surface area contributed by atoms with Crippen LogP contribution in [-0.2, 0) is 11.8 Å². The third-order valence-corrected chi connectivity index (χ3v) is 8.86. The number of ketones is 1. The van der Waals surface area contributed by atoms with Gasteiger partial charge < -0.3 is 35.3 Å². The van der Waals surface area contributed by atoms with Crippen LogP contribution >= 0.6 is 12.2 Å². The van der Waals surface area contributed by atoms with Crippen LogP contribution in [0.25, 0.3) is 28.3 Å². The number of rotatable bonds is 9. The van der Waals surface area contributed by atoms with Crippen molar-refractivity contribution in [1.82, 2.24) is 34.7 Å². The molecule has 0 spiro atoms. The first-order valence-corrected chi connectivity index (χ1v) is 16.4. The van der Waals surface area contributed by atoms with E-state index in [0.29, 0.717) is 81.8 Å². The third kappa shape index (κ3) is 6.01. The van der Waals surface area contributed by atoms with Crippen molar-refractivity contribution < 1.29 is 29.0 Å². The summed E-state index contributed by atoms with van der Waals surface area (Å²) in [5.74, 6) is -0.0474. The predicted molar refractivity (Wildman–Crippen MR) is 190 cm³/mol. The Morgan fingerprint density at radius 3 is 2.76 bits per heavy atom. The number of aromatic nitrogens is 6. The van der Waals surface area contributed by atoms with Crippen molar-refractivity contribution in [3.63, 3.8) is 0 Å². The number of carbonyl (C=O) groups excluding carboxylic acids is 1. The van der Waals surface area contributed by atoms with Crippen molar-refractivity contribution in [2.45, 2.75) is 12.3 Å². The lowest BCUT2D eigenvalue weighted by molar-refractivity contribution is -0.110. The summed E-state index contributed by atoms with van der Waals surface area (Å²) in [7, 11) is 1.82. The molecule has 2 unspecified atom stereocenters. The zero-order valence-electron chi connectivity index (χ0n) is 26.9. The highest BCUT2D eigenvalue weighted by atomic mass is 32.1. The summed E-state index contributed by atoms with van der Waals surface area (Å²) >= 11 is 5.52. The van der Waals surface area contributed by atoms with Gasteiger partial charge in [-0.05, 0) is 60.6 Å². The Kier molecular flexibility index (Phi) is 7.91. The summed E-state index contributed by atoms with van der Waals surface area (Å²) in [6.45, 7) is 1.02. The van der Waals surface area contributed by atoms with Crippen LogP contribution in [0, 0.1) is 5.92 Å². The number of allylic oxidation sites excluding steroid dienone is 3. The predicted octanol–water partition coefficient (Wildman–Crippen LogP) is 4.63. The third-order valence-electron chi connectivity index (χ3n) is 8.61. The second-order valence-corrected chi connectivity index (χ2v) is 12.4. The van der Waals surface area contributed by atoms with Crippen molar-refractivity contribution >= 4 is 57.4 Å². The molecule has 16 heteroatoms. The molecule has 51 heavy (non-hydrogen) atoms. The lowest BCUT2D eigenvalue weighted by Crippen LogP contribution is -2.30. The number of nitrogens with one attached hydrogen (secondary N) is 3. The van der Waals surface area contributed by atoms with Gasteiger partial charge in [0.1, 0.15) is 17.3 Å². The van der Waals surface area contributed by atoms with Gasteiger partial charge in [0.05, 0.1) is 17.2 Å². The zero-order valence-corrected chi connectivity index (χ0v) is 27.7. The lowest BCUT2D eigenvalue weighted by atomic mass is 9.74. The van der Waals surface area contributed by atoms with Gasteiger partial charge in [-0.2, -0.15) is 14.6 Å². The maximum atomic E-state index is 12.6. The number of phenols is 1. The average Bonchev–Trinajstić information content (AvgIpc) is 3.87. The molecule has 0 saturated carbocycles. The van der Waals surface area contributed by atoms with Gasteiger partial charge in [0.15, 0.2) is 28.0 Å². The molecule has 5 heterocycles. The number of hydrogen-bond acceptors (Lipinski definition) is 11. The summed E-state index contributed by atoms with van der Waals surface area (Å²) in [5.41, 5.74) is 2.90. The molecule has 0 fully saturated rings. The Balaban J connectivity index is 0.941. The van der Waals surface area contributed by atoms with Gasteiger partial charge in [0.25, 0.3) is 0 Å². The summed E-state index contributed by atoms with van der Waals surface area (Å²) in [6, 6.07) is 13.3. The maximum Gasteiger partial charge on any atom is 0.336 e. The first-order valence-electron chi connectivity index (χ1n) is 16.0. The van der Waals surface area contributed by atoms with E-state index in [1.54, 1.807) is 51.9 Å². The minimum absolute atomic E-state index is 0.00565. The largest absolute Gasteiger partial charge is 0.508 e. The molecule has 0 amide bonds. The van der Waals surface area contributed by atoms with Crippen LogP contribution in [0.4, 0.5) is 11.6 Å². The highest BCUT2D eigenvalue weighted by Gasteiger charge is 2.38. The van der Waals surface area contributed by atoms with Crippen LogP contribution in [0.15, 0.2) is 89.4 Å². The van der Waals surface area contributed by atoms with Gasteiger partial charge >= 0.3 is 5.97 Å². The van der Waals surface area contributed by atoms with Crippen LogP contribution < -0.4 is 20.7 Å². The Bertz CT molecular complexity index is 2430. The highest BCUT2D eigenvalue weighted by Crippen LogP contribution is 2.49. The molecular weight excluding hydrogens is 675 g/mol. The van der Waals surface area contributed by atoms with Crippen molar-refractivity contribution in [1.29, 1.82) is 0 Å². The number of carboxylic acid groups (broad SMARTS) is 1. The van der Waals surface area contributed by atoms with Crippen LogP contribution in [0.3, 0.4) is 0 Å². The van der Waals surface area contributed by atoms with E-state index in [9.17, 15) is 19.8 Å². The first-order chi connectivity index (χ1) is 24.7. The molecule has 1 aliphatic heterocycles. The lowest BCUT2D eigenvalue weighted by Gasteiger charge is -2.35. The number of carboxylic acids is 1. The Labute approximate surface area is 294 Å². The van der Waals surface area contributed by atoms with E-state index in [-0.39, 0.29) is 17.1 Å². The fraction of sp³-hybridized carbons (Fsp3) is 0.171. The molecule has 0 radical (unpaired) electrons. The minimum Gasteiger partial charge on any atom is -0.508 e. The maximum absolute atomic E-state index is 12.6. The Morgan fingerprint density at radius 1 is 1.08 bits per heavy atom. The van der Waals surface area contributed by atoms with E-state index >= 15 is 0 Å². The van der Waals surface area contributed by atoms with E-state index in [2.05, 4.69) is 36.1 Å². The smallest absolute Gasteiger partial charge is 0.336 e. The standard InChI is InChI=1S/C35H29N9O6S/c1-43-17-25-30(41-43)40-34(44-32(25)39-31(42-44)26-4-2-13-49-26)36-11-3-12-37-35(51)38-18-5-8-21(24(14-18)33(47)48)29-22-9-6-19(45)15-27(22)50-28-16-20(46)7-10-23(28)29/h2,4-10,13-17,22,29,46H,3,11-12H2,1H3,(H,47,48)(H,36,40,41)(H2,37,38,51). The van der Waals surface area contributed by atoms with E-state index in [1.807, 2.05) is 13.2 Å². The number of furan rings is 1. The van der Waals surface area contributed by atoms with Crippen LogP contribution in [0.5, 0.6) is 11.5 Å². The number of fused-ring (bicyclic) bond motifs is 5. The molecule has 6 aromatic rings. The van der Waals surface area contributed by atoms with E-state index in [1.165, 1.54) is 30.4 Å².